The van der Waals surface area contributed by atoms with Crippen molar-refractivity contribution >= 4 is 33.4 Å². The third-order valence-electron chi connectivity index (χ3n) is 6.39. The van der Waals surface area contributed by atoms with Crippen LogP contribution in [-0.4, -0.2) is 9.55 Å². The van der Waals surface area contributed by atoms with Crippen LogP contribution in [0, 0.1) is 0 Å². The summed E-state index contributed by atoms with van der Waals surface area (Å²) in [5, 5.41) is 3.01. The summed E-state index contributed by atoms with van der Waals surface area (Å²) in [4.78, 5) is 4.85. The number of halogens is 1. The number of hydrogen-bond donors (Lipinski definition) is 0. The molecule has 6 rings (SSSR count). The summed E-state index contributed by atoms with van der Waals surface area (Å²) >= 11 is 6.61. The van der Waals surface area contributed by atoms with E-state index in [2.05, 4.69) is 109 Å². The zero-order valence-electron chi connectivity index (χ0n) is 18.9. The van der Waals surface area contributed by atoms with Gasteiger partial charge in [0, 0.05) is 22.5 Å². The quantitative estimate of drug-likeness (QED) is 0.258. The lowest BCUT2D eigenvalue weighted by Gasteiger charge is -2.12. The fourth-order valence-electron chi connectivity index (χ4n) is 4.73. The van der Waals surface area contributed by atoms with Gasteiger partial charge in [0.1, 0.15) is 5.82 Å². The summed E-state index contributed by atoms with van der Waals surface area (Å²) in [7, 11) is 0. The first kappa shape index (κ1) is 20.7. The zero-order valence-corrected chi connectivity index (χ0v) is 19.6. The standard InChI is InChI=1S/C31H23ClN2/c1-2-31-33-29-15-5-6-16-30(29)34(31)26-13-8-12-23(19-26)21-10-7-11-22(17-21)25-18-24-9-3-4-14-27(24)28(32)20-25/h3-20H,2H2,1H3. The fraction of sp³-hybridized carbons (Fsp3) is 0.0645. The average molecular weight is 459 g/mol. The Kier molecular flexibility index (Phi) is 5.16. The number of benzene rings is 5. The smallest absolute Gasteiger partial charge is 0.114 e. The Morgan fingerprint density at radius 3 is 2.24 bits per heavy atom. The lowest BCUT2D eigenvalue weighted by Crippen LogP contribution is -2.00. The SMILES string of the molecule is CCc1nc2ccccc2n1-c1cccc(-c2cccc(-c3cc(Cl)c4ccccc4c3)c2)c1. The van der Waals surface area contributed by atoms with Gasteiger partial charge in [-0.15, -0.1) is 0 Å². The molecule has 0 atom stereocenters. The van der Waals surface area contributed by atoms with Crippen molar-refractivity contribution in [2.75, 3.05) is 0 Å². The van der Waals surface area contributed by atoms with Crippen LogP contribution < -0.4 is 0 Å². The number of aryl methyl sites for hydroxylation is 1. The lowest BCUT2D eigenvalue weighted by atomic mass is 9.97. The molecule has 3 heteroatoms. The number of fused-ring (bicyclic) bond motifs is 2. The zero-order chi connectivity index (χ0) is 23.1. The van der Waals surface area contributed by atoms with Crippen molar-refractivity contribution in [1.29, 1.82) is 0 Å². The minimum atomic E-state index is 0.777. The Hall–Kier alpha value is -3.88. The number of rotatable bonds is 4. The molecule has 0 saturated heterocycles. The molecule has 164 valence electrons. The van der Waals surface area contributed by atoms with Crippen molar-refractivity contribution in [2.45, 2.75) is 13.3 Å². The highest BCUT2D eigenvalue weighted by Crippen LogP contribution is 2.33. The summed E-state index contributed by atoms with van der Waals surface area (Å²) in [5.41, 5.74) is 7.91. The molecule has 0 radical (unpaired) electrons. The van der Waals surface area contributed by atoms with Crippen LogP contribution in [0.15, 0.2) is 109 Å². The number of hydrogen-bond acceptors (Lipinski definition) is 1. The van der Waals surface area contributed by atoms with Crippen LogP contribution in [0.2, 0.25) is 5.02 Å². The molecule has 0 amide bonds. The van der Waals surface area contributed by atoms with Gasteiger partial charge >= 0.3 is 0 Å². The normalized spacial score (nSPS) is 11.4. The average Bonchev–Trinajstić information content (AvgIpc) is 3.28. The first-order valence-corrected chi connectivity index (χ1v) is 11.9. The van der Waals surface area contributed by atoms with Crippen LogP contribution in [-0.2, 0) is 6.42 Å². The van der Waals surface area contributed by atoms with Gasteiger partial charge in [0.25, 0.3) is 0 Å². The molecule has 0 bridgehead atoms. The van der Waals surface area contributed by atoms with Gasteiger partial charge in [-0.1, -0.05) is 85.3 Å². The highest BCUT2D eigenvalue weighted by Gasteiger charge is 2.12. The summed E-state index contributed by atoms with van der Waals surface area (Å²) < 4.78 is 2.27. The van der Waals surface area contributed by atoms with Gasteiger partial charge in [-0.3, -0.25) is 4.57 Å². The Balaban J connectivity index is 1.45. The predicted molar refractivity (Wildman–Crippen MR) is 144 cm³/mol. The van der Waals surface area contributed by atoms with Crippen molar-refractivity contribution in [3.63, 3.8) is 0 Å². The maximum atomic E-state index is 6.61. The Labute approximate surface area is 204 Å². The van der Waals surface area contributed by atoms with Gasteiger partial charge in [0.2, 0.25) is 0 Å². The highest BCUT2D eigenvalue weighted by atomic mass is 35.5. The van der Waals surface area contributed by atoms with Crippen LogP contribution in [0.3, 0.4) is 0 Å². The molecule has 0 aliphatic heterocycles. The van der Waals surface area contributed by atoms with Crippen LogP contribution in [0.5, 0.6) is 0 Å². The van der Waals surface area contributed by atoms with Crippen LogP contribution in [0.25, 0.3) is 49.7 Å². The largest absolute Gasteiger partial charge is 0.296 e. The van der Waals surface area contributed by atoms with Gasteiger partial charge in [-0.05, 0) is 70.1 Å². The highest BCUT2D eigenvalue weighted by molar-refractivity contribution is 6.36. The van der Waals surface area contributed by atoms with Crippen LogP contribution in [0.1, 0.15) is 12.7 Å². The molecule has 0 aliphatic rings. The first-order valence-electron chi connectivity index (χ1n) is 11.6. The minimum absolute atomic E-state index is 0.777. The Bertz CT molecular complexity index is 1660. The molecule has 34 heavy (non-hydrogen) atoms. The van der Waals surface area contributed by atoms with E-state index < -0.39 is 0 Å². The number of nitrogens with zero attached hydrogens (tertiary/aromatic N) is 2. The van der Waals surface area contributed by atoms with E-state index in [0.29, 0.717) is 0 Å². The molecule has 0 saturated carbocycles. The van der Waals surface area contributed by atoms with E-state index in [1.807, 2.05) is 12.1 Å². The van der Waals surface area contributed by atoms with E-state index in [0.717, 1.165) is 55.9 Å². The van der Waals surface area contributed by atoms with E-state index >= 15 is 0 Å². The summed E-state index contributed by atoms with van der Waals surface area (Å²) in [6.45, 7) is 2.15. The van der Waals surface area contributed by atoms with Gasteiger partial charge < -0.3 is 0 Å². The molecule has 0 N–H and O–H groups in total. The molecule has 1 heterocycles. The Morgan fingerprint density at radius 2 is 1.38 bits per heavy atom. The van der Waals surface area contributed by atoms with Crippen molar-refractivity contribution in [1.82, 2.24) is 9.55 Å². The van der Waals surface area contributed by atoms with Crippen LogP contribution in [0.4, 0.5) is 0 Å². The topological polar surface area (TPSA) is 17.8 Å². The minimum Gasteiger partial charge on any atom is -0.296 e. The molecular weight excluding hydrogens is 436 g/mol. The van der Waals surface area contributed by atoms with E-state index in [4.69, 9.17) is 16.6 Å². The molecule has 0 fully saturated rings. The molecule has 5 aromatic carbocycles. The Morgan fingerprint density at radius 1 is 0.676 bits per heavy atom. The van der Waals surface area contributed by atoms with Crippen molar-refractivity contribution in [3.8, 4) is 27.9 Å². The molecule has 2 nitrogen and oxygen atoms in total. The van der Waals surface area contributed by atoms with E-state index in [-0.39, 0.29) is 0 Å². The van der Waals surface area contributed by atoms with Gasteiger partial charge in [-0.25, -0.2) is 4.98 Å². The number of imidazole rings is 1. The second kappa shape index (κ2) is 8.48. The van der Waals surface area contributed by atoms with Gasteiger partial charge in [-0.2, -0.15) is 0 Å². The van der Waals surface area contributed by atoms with Crippen molar-refractivity contribution in [2.24, 2.45) is 0 Å². The van der Waals surface area contributed by atoms with Crippen molar-refractivity contribution in [3.05, 3.63) is 120 Å². The van der Waals surface area contributed by atoms with E-state index in [1.54, 1.807) is 0 Å². The first-order chi connectivity index (χ1) is 16.7. The second-order valence-electron chi connectivity index (χ2n) is 8.52. The molecule has 6 aromatic rings. The van der Waals surface area contributed by atoms with Gasteiger partial charge in [0.15, 0.2) is 0 Å². The monoisotopic (exact) mass is 458 g/mol. The summed E-state index contributed by atoms with van der Waals surface area (Å²) in [6.07, 6.45) is 0.872. The van der Waals surface area contributed by atoms with E-state index in [1.165, 1.54) is 11.1 Å². The third-order valence-corrected chi connectivity index (χ3v) is 6.70. The molecule has 0 unspecified atom stereocenters. The lowest BCUT2D eigenvalue weighted by molar-refractivity contribution is 0.908. The van der Waals surface area contributed by atoms with E-state index in [9.17, 15) is 0 Å². The second-order valence-corrected chi connectivity index (χ2v) is 8.92. The molecule has 1 aromatic heterocycles. The maximum Gasteiger partial charge on any atom is 0.114 e. The molecule has 0 aliphatic carbocycles. The fourth-order valence-corrected chi connectivity index (χ4v) is 5.02. The van der Waals surface area contributed by atoms with Gasteiger partial charge in [0.05, 0.1) is 11.0 Å². The number of aromatic nitrogens is 2. The van der Waals surface area contributed by atoms with Crippen LogP contribution >= 0.6 is 11.6 Å². The number of para-hydroxylation sites is 2. The summed E-state index contributed by atoms with van der Waals surface area (Å²) in [5.74, 6) is 1.07. The summed E-state index contributed by atoms with van der Waals surface area (Å²) in [6, 6.07) is 38.2. The van der Waals surface area contributed by atoms with Crippen molar-refractivity contribution < 1.29 is 0 Å². The predicted octanol–water partition coefficient (Wildman–Crippen LogP) is 8.73. The third kappa shape index (κ3) is 3.57. The molecule has 0 spiro atoms. The molecular formula is C31H23ClN2. The maximum absolute atomic E-state index is 6.61.